The van der Waals surface area contributed by atoms with Crippen molar-refractivity contribution < 1.29 is 14.3 Å². The normalized spacial score (nSPS) is 13.2. The van der Waals surface area contributed by atoms with E-state index >= 15 is 0 Å². The van der Waals surface area contributed by atoms with Gasteiger partial charge in [-0.2, -0.15) is 0 Å². The van der Waals surface area contributed by atoms with Crippen LogP contribution in [-0.2, 0) is 13.0 Å². The van der Waals surface area contributed by atoms with Gasteiger partial charge >= 0.3 is 0 Å². The molecule has 104 valence electrons. The topological polar surface area (TPSA) is 53.4 Å². The van der Waals surface area contributed by atoms with E-state index in [2.05, 4.69) is 4.98 Å². The third-order valence-corrected chi connectivity index (χ3v) is 3.33. The summed E-state index contributed by atoms with van der Waals surface area (Å²) in [6, 6.07) is 5.40. The number of rotatable bonds is 4. The van der Waals surface area contributed by atoms with Crippen molar-refractivity contribution in [3.63, 3.8) is 0 Å². The van der Waals surface area contributed by atoms with Crippen LogP contribution in [0.15, 0.2) is 30.6 Å². The molecule has 0 unspecified atom stereocenters. The first-order valence-corrected chi connectivity index (χ1v) is 6.71. The minimum absolute atomic E-state index is 0.00625. The molecule has 1 aliphatic heterocycles. The maximum atomic E-state index is 12.5. The SMILES string of the molecule is CCn1ccnc1CC(=O)c1cccc2c1OCCO2. The second-order valence-corrected chi connectivity index (χ2v) is 4.56. The number of nitrogens with zero attached hydrogens (tertiary/aromatic N) is 2. The molecular weight excluding hydrogens is 256 g/mol. The molecule has 0 bridgehead atoms. The number of hydrogen-bond acceptors (Lipinski definition) is 4. The number of imidazole rings is 1. The Morgan fingerprint density at radius 2 is 2.20 bits per heavy atom. The highest BCUT2D eigenvalue weighted by molar-refractivity contribution is 6.00. The molecule has 5 heteroatoms. The molecule has 0 radical (unpaired) electrons. The summed E-state index contributed by atoms with van der Waals surface area (Å²) >= 11 is 0. The minimum atomic E-state index is -0.00625. The van der Waals surface area contributed by atoms with Crippen LogP contribution >= 0.6 is 0 Å². The van der Waals surface area contributed by atoms with E-state index in [4.69, 9.17) is 9.47 Å². The van der Waals surface area contributed by atoms with E-state index in [1.165, 1.54) is 0 Å². The minimum Gasteiger partial charge on any atom is -0.486 e. The number of benzene rings is 1. The Morgan fingerprint density at radius 3 is 3.05 bits per heavy atom. The fourth-order valence-electron chi connectivity index (χ4n) is 2.33. The van der Waals surface area contributed by atoms with Gasteiger partial charge in [0.2, 0.25) is 0 Å². The lowest BCUT2D eigenvalue weighted by molar-refractivity contribution is 0.0978. The van der Waals surface area contributed by atoms with Gasteiger partial charge in [0, 0.05) is 18.9 Å². The molecule has 5 nitrogen and oxygen atoms in total. The van der Waals surface area contributed by atoms with E-state index in [1.54, 1.807) is 12.3 Å². The lowest BCUT2D eigenvalue weighted by Gasteiger charge is -2.20. The molecular formula is C15H16N2O3. The summed E-state index contributed by atoms with van der Waals surface area (Å²) in [6.45, 7) is 3.82. The third kappa shape index (κ3) is 2.27. The van der Waals surface area contributed by atoms with Crippen LogP contribution < -0.4 is 9.47 Å². The lowest BCUT2D eigenvalue weighted by atomic mass is 10.1. The van der Waals surface area contributed by atoms with Crippen LogP contribution in [0.1, 0.15) is 23.1 Å². The number of ketones is 1. The van der Waals surface area contributed by atoms with E-state index < -0.39 is 0 Å². The standard InChI is InChI=1S/C15H16N2O3/c1-2-17-7-6-16-14(17)10-12(18)11-4-3-5-13-15(11)20-9-8-19-13/h3-7H,2,8-10H2,1H3. The summed E-state index contributed by atoms with van der Waals surface area (Å²) in [4.78, 5) is 16.7. The van der Waals surface area contributed by atoms with Crippen molar-refractivity contribution >= 4 is 5.78 Å². The van der Waals surface area contributed by atoms with Gasteiger partial charge in [0.1, 0.15) is 19.0 Å². The quantitative estimate of drug-likeness (QED) is 0.800. The highest BCUT2D eigenvalue weighted by Gasteiger charge is 2.21. The number of para-hydroxylation sites is 1. The fourth-order valence-corrected chi connectivity index (χ4v) is 2.33. The predicted octanol–water partition coefficient (Wildman–Crippen LogP) is 2.10. The average Bonchev–Trinajstić information content (AvgIpc) is 2.93. The van der Waals surface area contributed by atoms with Gasteiger partial charge in [0.05, 0.1) is 12.0 Å². The van der Waals surface area contributed by atoms with Crippen molar-refractivity contribution in [3.8, 4) is 11.5 Å². The first kappa shape index (κ1) is 12.7. The van der Waals surface area contributed by atoms with Crippen LogP contribution in [0.3, 0.4) is 0 Å². The van der Waals surface area contributed by atoms with Crippen molar-refractivity contribution in [2.24, 2.45) is 0 Å². The molecule has 0 spiro atoms. The molecule has 0 fully saturated rings. The predicted molar refractivity (Wildman–Crippen MR) is 73.4 cm³/mol. The van der Waals surface area contributed by atoms with Gasteiger partial charge in [-0.15, -0.1) is 0 Å². The van der Waals surface area contributed by atoms with Gasteiger partial charge in [-0.05, 0) is 19.1 Å². The third-order valence-electron chi connectivity index (χ3n) is 3.33. The van der Waals surface area contributed by atoms with E-state index in [-0.39, 0.29) is 12.2 Å². The van der Waals surface area contributed by atoms with Crippen LogP contribution in [0.4, 0.5) is 0 Å². The van der Waals surface area contributed by atoms with Crippen molar-refractivity contribution in [1.82, 2.24) is 9.55 Å². The van der Waals surface area contributed by atoms with Crippen LogP contribution in [0.5, 0.6) is 11.5 Å². The van der Waals surface area contributed by atoms with Gasteiger partial charge in [-0.3, -0.25) is 4.79 Å². The van der Waals surface area contributed by atoms with Crippen LogP contribution in [0.25, 0.3) is 0 Å². The summed E-state index contributed by atoms with van der Waals surface area (Å²) in [5, 5.41) is 0. The Hall–Kier alpha value is -2.30. The maximum Gasteiger partial charge on any atom is 0.174 e. The molecule has 0 saturated carbocycles. The molecule has 1 aromatic heterocycles. The largest absolute Gasteiger partial charge is 0.486 e. The van der Waals surface area contributed by atoms with E-state index in [9.17, 15) is 4.79 Å². The van der Waals surface area contributed by atoms with Crippen LogP contribution in [-0.4, -0.2) is 28.5 Å². The number of ether oxygens (including phenoxy) is 2. The Labute approximate surface area is 117 Å². The highest BCUT2D eigenvalue weighted by atomic mass is 16.6. The first-order valence-electron chi connectivity index (χ1n) is 6.71. The molecule has 0 N–H and O–H groups in total. The maximum absolute atomic E-state index is 12.5. The molecule has 0 aliphatic carbocycles. The number of carbonyl (C=O) groups excluding carboxylic acids is 1. The lowest BCUT2D eigenvalue weighted by Crippen LogP contribution is -2.18. The molecule has 2 heterocycles. The number of Topliss-reactive ketones (excluding diaryl/α,β-unsaturated/α-hetero) is 1. The van der Waals surface area contributed by atoms with Gasteiger partial charge in [-0.1, -0.05) is 6.07 Å². The number of aryl methyl sites for hydroxylation is 1. The van der Waals surface area contributed by atoms with Crippen molar-refractivity contribution in [2.45, 2.75) is 19.9 Å². The first-order chi connectivity index (χ1) is 9.79. The highest BCUT2D eigenvalue weighted by Crippen LogP contribution is 2.34. The summed E-state index contributed by atoms with van der Waals surface area (Å²) in [5.41, 5.74) is 0.563. The molecule has 1 aromatic carbocycles. The number of hydrogen-bond donors (Lipinski definition) is 0. The second kappa shape index (κ2) is 5.36. The molecule has 20 heavy (non-hydrogen) atoms. The van der Waals surface area contributed by atoms with E-state index in [0.717, 1.165) is 12.4 Å². The van der Waals surface area contributed by atoms with Crippen LogP contribution in [0.2, 0.25) is 0 Å². The van der Waals surface area contributed by atoms with Gasteiger partial charge in [-0.25, -0.2) is 4.98 Å². The zero-order valence-electron chi connectivity index (χ0n) is 11.3. The zero-order valence-corrected chi connectivity index (χ0v) is 11.3. The number of aromatic nitrogens is 2. The monoisotopic (exact) mass is 272 g/mol. The Balaban J connectivity index is 1.88. The van der Waals surface area contributed by atoms with Gasteiger partial charge in [0.15, 0.2) is 17.3 Å². The summed E-state index contributed by atoms with van der Waals surface area (Å²) in [6.07, 6.45) is 3.86. The number of fused-ring (bicyclic) bond motifs is 1. The Kier molecular flexibility index (Phi) is 3.41. The van der Waals surface area contributed by atoms with E-state index in [0.29, 0.717) is 30.3 Å². The average molecular weight is 272 g/mol. The smallest absolute Gasteiger partial charge is 0.174 e. The van der Waals surface area contributed by atoms with Crippen molar-refractivity contribution in [2.75, 3.05) is 13.2 Å². The Bertz CT molecular complexity index is 634. The molecule has 2 aromatic rings. The molecule has 0 atom stereocenters. The second-order valence-electron chi connectivity index (χ2n) is 4.56. The molecule has 1 aliphatic rings. The van der Waals surface area contributed by atoms with E-state index in [1.807, 2.05) is 29.8 Å². The van der Waals surface area contributed by atoms with Crippen molar-refractivity contribution in [1.29, 1.82) is 0 Å². The number of carbonyl (C=O) groups is 1. The summed E-state index contributed by atoms with van der Waals surface area (Å²) < 4.78 is 13.0. The fraction of sp³-hybridized carbons (Fsp3) is 0.333. The molecule has 3 rings (SSSR count). The van der Waals surface area contributed by atoms with Gasteiger partial charge < -0.3 is 14.0 Å². The zero-order chi connectivity index (χ0) is 13.9. The Morgan fingerprint density at radius 1 is 1.35 bits per heavy atom. The van der Waals surface area contributed by atoms with Crippen molar-refractivity contribution in [3.05, 3.63) is 42.0 Å². The summed E-state index contributed by atoms with van der Waals surface area (Å²) in [7, 11) is 0. The molecule has 0 amide bonds. The summed E-state index contributed by atoms with van der Waals surface area (Å²) in [5.74, 6) is 1.96. The molecule has 0 saturated heterocycles. The van der Waals surface area contributed by atoms with Gasteiger partial charge in [0.25, 0.3) is 0 Å². The van der Waals surface area contributed by atoms with Crippen LogP contribution in [0, 0.1) is 0 Å².